The summed E-state index contributed by atoms with van der Waals surface area (Å²) in [5, 5.41) is 15.6. The lowest BCUT2D eigenvalue weighted by molar-refractivity contribution is 0.724. The Labute approximate surface area is 183 Å². The molecule has 3 aromatic heterocycles. The van der Waals surface area contributed by atoms with E-state index in [1.165, 1.54) is 0 Å². The minimum absolute atomic E-state index is 0.647. The smallest absolute Gasteiger partial charge is 0.180 e. The van der Waals surface area contributed by atoms with E-state index < -0.39 is 0 Å². The molecule has 5 aromatic rings. The fraction of sp³-hybridized carbons (Fsp3) is 0.174. The van der Waals surface area contributed by atoms with Crippen molar-refractivity contribution in [3.63, 3.8) is 0 Å². The number of pyridine rings is 1. The van der Waals surface area contributed by atoms with Crippen LogP contribution in [0.2, 0.25) is 0 Å². The van der Waals surface area contributed by atoms with E-state index in [2.05, 4.69) is 74.4 Å². The van der Waals surface area contributed by atoms with E-state index in [0.29, 0.717) is 12.4 Å². The van der Waals surface area contributed by atoms with E-state index in [1.807, 2.05) is 30.5 Å². The van der Waals surface area contributed by atoms with Gasteiger partial charge in [-0.25, -0.2) is 15.1 Å². The molecule has 0 saturated carbocycles. The van der Waals surface area contributed by atoms with Crippen molar-refractivity contribution in [1.82, 2.24) is 35.2 Å². The first-order valence-electron chi connectivity index (χ1n) is 10.1. The fourth-order valence-electron chi connectivity index (χ4n) is 3.71. The summed E-state index contributed by atoms with van der Waals surface area (Å²) in [6, 6.07) is 18.7. The van der Waals surface area contributed by atoms with Gasteiger partial charge in [0.05, 0.1) is 6.54 Å². The maximum Gasteiger partial charge on any atom is 0.180 e. The van der Waals surface area contributed by atoms with Crippen molar-refractivity contribution in [3.05, 3.63) is 71.9 Å². The van der Waals surface area contributed by atoms with Gasteiger partial charge in [0.2, 0.25) is 0 Å². The fourth-order valence-corrected chi connectivity index (χ4v) is 4.43. The van der Waals surface area contributed by atoms with Gasteiger partial charge in [-0.15, -0.1) is 5.10 Å². The van der Waals surface area contributed by atoms with Gasteiger partial charge in [0.15, 0.2) is 16.6 Å². The van der Waals surface area contributed by atoms with Gasteiger partial charge in [-0.3, -0.25) is 4.57 Å². The van der Waals surface area contributed by atoms with Gasteiger partial charge in [0, 0.05) is 11.8 Å². The predicted molar refractivity (Wildman–Crippen MR) is 123 cm³/mol. The number of hydrogen-bond acceptors (Lipinski definition) is 6. The van der Waals surface area contributed by atoms with Crippen LogP contribution >= 0.6 is 11.8 Å². The summed E-state index contributed by atoms with van der Waals surface area (Å²) in [4.78, 5) is 9.49. The van der Waals surface area contributed by atoms with Crippen molar-refractivity contribution in [2.45, 2.75) is 25.5 Å². The zero-order chi connectivity index (χ0) is 21.2. The van der Waals surface area contributed by atoms with Crippen LogP contribution in [0.3, 0.4) is 0 Å². The number of imidazole rings is 1. The van der Waals surface area contributed by atoms with Gasteiger partial charge in [-0.2, -0.15) is 0 Å². The Morgan fingerprint density at radius 2 is 1.90 bits per heavy atom. The molecule has 0 radical (unpaired) electrons. The zero-order valence-corrected chi connectivity index (χ0v) is 18.1. The molecule has 0 amide bonds. The van der Waals surface area contributed by atoms with Gasteiger partial charge in [0.1, 0.15) is 5.52 Å². The average molecular weight is 428 g/mol. The van der Waals surface area contributed by atoms with E-state index in [4.69, 9.17) is 4.98 Å². The highest BCUT2D eigenvalue weighted by Gasteiger charge is 2.16. The van der Waals surface area contributed by atoms with Crippen LogP contribution in [-0.4, -0.2) is 40.9 Å². The number of aromatic nitrogens is 7. The third-order valence-corrected chi connectivity index (χ3v) is 6.04. The first-order chi connectivity index (χ1) is 15.2. The number of tetrazole rings is 1. The molecule has 0 spiro atoms. The quantitative estimate of drug-likeness (QED) is 0.394. The van der Waals surface area contributed by atoms with E-state index in [9.17, 15) is 0 Å². The Kier molecular flexibility index (Phi) is 5.21. The van der Waals surface area contributed by atoms with Crippen LogP contribution in [0.5, 0.6) is 0 Å². The molecule has 0 aliphatic carbocycles. The first kappa shape index (κ1) is 19.4. The maximum atomic E-state index is 4.86. The van der Waals surface area contributed by atoms with E-state index in [0.717, 1.165) is 49.9 Å². The summed E-state index contributed by atoms with van der Waals surface area (Å²) in [5.74, 6) is 1.60. The summed E-state index contributed by atoms with van der Waals surface area (Å²) in [6.07, 6.45) is 1.85. The second kappa shape index (κ2) is 8.31. The molecular formula is C23H21N7S. The molecule has 5 rings (SSSR count). The Balaban J connectivity index is 1.62. The Bertz CT molecular complexity index is 1330. The highest BCUT2D eigenvalue weighted by atomic mass is 32.2. The lowest BCUT2D eigenvalue weighted by atomic mass is 9.97. The SMILES string of the molecule is CCSc1nc2c(C)ccnc2n1Cc1ccc(-c2ccccc2)c(-c2nnn[nH]2)c1. The molecule has 0 aliphatic heterocycles. The van der Waals surface area contributed by atoms with Gasteiger partial charge in [0.25, 0.3) is 0 Å². The Morgan fingerprint density at radius 3 is 2.68 bits per heavy atom. The second-order valence-electron chi connectivity index (χ2n) is 7.21. The Hall–Kier alpha value is -3.52. The van der Waals surface area contributed by atoms with Crippen molar-refractivity contribution in [2.75, 3.05) is 5.75 Å². The molecule has 0 saturated heterocycles. The lowest BCUT2D eigenvalue weighted by Crippen LogP contribution is -2.03. The maximum absolute atomic E-state index is 4.86. The van der Waals surface area contributed by atoms with Crippen LogP contribution in [0.25, 0.3) is 33.7 Å². The number of nitrogens with zero attached hydrogens (tertiary/aromatic N) is 6. The largest absolute Gasteiger partial charge is 0.299 e. The molecule has 7 nitrogen and oxygen atoms in total. The average Bonchev–Trinajstić information content (AvgIpc) is 3.45. The normalized spacial score (nSPS) is 11.3. The third-order valence-electron chi connectivity index (χ3n) is 5.18. The van der Waals surface area contributed by atoms with Gasteiger partial charge in [-0.1, -0.05) is 61.2 Å². The van der Waals surface area contributed by atoms with Crippen molar-refractivity contribution in [1.29, 1.82) is 0 Å². The van der Waals surface area contributed by atoms with Gasteiger partial charge in [-0.05, 0) is 57.5 Å². The van der Waals surface area contributed by atoms with Gasteiger partial charge < -0.3 is 0 Å². The summed E-state index contributed by atoms with van der Waals surface area (Å²) < 4.78 is 2.19. The van der Waals surface area contributed by atoms with Crippen LogP contribution in [0.15, 0.2) is 66.0 Å². The topological polar surface area (TPSA) is 85.2 Å². The van der Waals surface area contributed by atoms with Crippen LogP contribution in [0, 0.1) is 6.92 Å². The number of thioether (sulfide) groups is 1. The number of aryl methyl sites for hydroxylation is 1. The highest BCUT2D eigenvalue weighted by Crippen LogP contribution is 2.32. The van der Waals surface area contributed by atoms with Crippen LogP contribution in [0.1, 0.15) is 18.1 Å². The number of H-pyrrole nitrogens is 1. The summed E-state index contributed by atoms with van der Waals surface area (Å²) in [5.41, 5.74) is 7.29. The molecule has 2 aromatic carbocycles. The first-order valence-corrected chi connectivity index (χ1v) is 11.1. The molecule has 8 heteroatoms. The molecule has 0 aliphatic rings. The molecule has 31 heavy (non-hydrogen) atoms. The molecule has 0 unspecified atom stereocenters. The zero-order valence-electron chi connectivity index (χ0n) is 17.3. The van der Waals surface area contributed by atoms with Crippen molar-refractivity contribution >= 4 is 22.9 Å². The number of fused-ring (bicyclic) bond motifs is 1. The monoisotopic (exact) mass is 427 g/mol. The molecule has 0 atom stereocenters. The summed E-state index contributed by atoms with van der Waals surface area (Å²) >= 11 is 1.73. The molecule has 154 valence electrons. The third kappa shape index (κ3) is 3.70. The summed E-state index contributed by atoms with van der Waals surface area (Å²) in [7, 11) is 0. The van der Waals surface area contributed by atoms with Gasteiger partial charge >= 0.3 is 0 Å². The molecule has 3 heterocycles. The van der Waals surface area contributed by atoms with E-state index in [-0.39, 0.29) is 0 Å². The minimum Gasteiger partial charge on any atom is -0.299 e. The Morgan fingerprint density at radius 1 is 1.03 bits per heavy atom. The minimum atomic E-state index is 0.647. The van der Waals surface area contributed by atoms with Crippen molar-refractivity contribution in [2.24, 2.45) is 0 Å². The number of nitrogens with one attached hydrogen (secondary N) is 1. The molecule has 0 fully saturated rings. The number of benzene rings is 2. The van der Waals surface area contributed by atoms with Crippen molar-refractivity contribution < 1.29 is 0 Å². The van der Waals surface area contributed by atoms with Crippen LogP contribution in [-0.2, 0) is 6.54 Å². The lowest BCUT2D eigenvalue weighted by Gasteiger charge is -2.12. The predicted octanol–water partition coefficient (Wildman–Crippen LogP) is 4.75. The second-order valence-corrected chi connectivity index (χ2v) is 8.44. The number of rotatable bonds is 6. The molecule has 1 N–H and O–H groups in total. The van der Waals surface area contributed by atoms with Crippen LogP contribution < -0.4 is 0 Å². The number of hydrogen-bond donors (Lipinski definition) is 1. The molecular weight excluding hydrogens is 406 g/mol. The van der Waals surface area contributed by atoms with Crippen molar-refractivity contribution in [3.8, 4) is 22.5 Å². The van der Waals surface area contributed by atoms with Crippen LogP contribution in [0.4, 0.5) is 0 Å². The van der Waals surface area contributed by atoms with E-state index in [1.54, 1.807) is 11.8 Å². The number of aromatic amines is 1. The summed E-state index contributed by atoms with van der Waals surface area (Å²) in [6.45, 7) is 4.88. The highest BCUT2D eigenvalue weighted by molar-refractivity contribution is 7.99. The standard InChI is InChI=1S/C23H21N7S/c1-3-31-23-25-20-15(2)11-12-24-22(20)30(23)14-16-9-10-18(17-7-5-4-6-8-17)19(13-16)21-26-28-29-27-21/h4-13H,3,14H2,1-2H3,(H,26,27,28,29). The molecule has 0 bridgehead atoms. The van der Waals surface area contributed by atoms with E-state index >= 15 is 0 Å².